The molecule has 1 aromatic carbocycles. The first-order chi connectivity index (χ1) is 8.73. The molecule has 0 bridgehead atoms. The first kappa shape index (κ1) is 16.8. The zero-order valence-electron chi connectivity index (χ0n) is 11.2. The SMILES string of the molecule is CC(C)(C)[C@@H](N)c1cc(C(F)(F)F)cc(C(F)(F)F)c1. The lowest BCUT2D eigenvalue weighted by Crippen LogP contribution is -2.27. The van der Waals surface area contributed by atoms with Crippen LogP contribution >= 0.6 is 0 Å². The van der Waals surface area contributed by atoms with Crippen molar-refractivity contribution >= 4 is 0 Å². The van der Waals surface area contributed by atoms with Crippen molar-refractivity contribution < 1.29 is 26.3 Å². The second-order valence-corrected chi connectivity index (χ2v) is 5.68. The Bertz CT molecular complexity index is 449. The van der Waals surface area contributed by atoms with Crippen molar-refractivity contribution in [2.45, 2.75) is 39.2 Å². The molecule has 0 fully saturated rings. The van der Waals surface area contributed by atoms with E-state index in [2.05, 4.69) is 0 Å². The van der Waals surface area contributed by atoms with Gasteiger partial charge in [-0.3, -0.25) is 0 Å². The summed E-state index contributed by atoms with van der Waals surface area (Å²) >= 11 is 0. The molecule has 0 unspecified atom stereocenters. The molecular weight excluding hydrogens is 284 g/mol. The van der Waals surface area contributed by atoms with E-state index in [-0.39, 0.29) is 11.6 Å². The topological polar surface area (TPSA) is 26.0 Å². The molecule has 0 amide bonds. The standard InChI is InChI=1S/C13H15F6N/c1-11(2,3)10(20)7-4-8(12(14,15)16)6-9(5-7)13(17,18)19/h4-6,10H,20H2,1-3H3/t10-/m0/s1. The number of benzene rings is 1. The fourth-order valence-corrected chi connectivity index (χ4v) is 1.66. The summed E-state index contributed by atoms with van der Waals surface area (Å²) in [5, 5.41) is 0. The molecule has 1 rings (SSSR count). The van der Waals surface area contributed by atoms with Crippen LogP contribution < -0.4 is 5.73 Å². The van der Waals surface area contributed by atoms with E-state index < -0.39 is 34.9 Å². The Balaban J connectivity index is 3.47. The van der Waals surface area contributed by atoms with E-state index >= 15 is 0 Å². The normalized spacial score (nSPS) is 15.3. The number of hydrogen-bond acceptors (Lipinski definition) is 1. The van der Waals surface area contributed by atoms with Gasteiger partial charge in [0.1, 0.15) is 0 Å². The van der Waals surface area contributed by atoms with Gasteiger partial charge in [-0.15, -0.1) is 0 Å². The third kappa shape index (κ3) is 3.88. The molecule has 114 valence electrons. The predicted molar refractivity (Wildman–Crippen MR) is 62.8 cm³/mol. The van der Waals surface area contributed by atoms with Crippen LogP contribution in [-0.4, -0.2) is 0 Å². The van der Waals surface area contributed by atoms with E-state index in [1.54, 1.807) is 20.8 Å². The lowest BCUT2D eigenvalue weighted by atomic mass is 9.82. The second kappa shape index (κ2) is 4.95. The molecule has 1 atom stereocenters. The van der Waals surface area contributed by atoms with Gasteiger partial charge in [-0.1, -0.05) is 20.8 Å². The van der Waals surface area contributed by atoms with E-state index in [0.29, 0.717) is 12.1 Å². The Hall–Kier alpha value is -1.24. The molecule has 0 heterocycles. The zero-order valence-corrected chi connectivity index (χ0v) is 11.2. The molecule has 20 heavy (non-hydrogen) atoms. The highest BCUT2D eigenvalue weighted by atomic mass is 19.4. The first-order valence-electron chi connectivity index (χ1n) is 5.78. The van der Waals surface area contributed by atoms with Crippen molar-refractivity contribution in [1.29, 1.82) is 0 Å². The molecule has 2 N–H and O–H groups in total. The van der Waals surface area contributed by atoms with Crippen molar-refractivity contribution in [1.82, 2.24) is 0 Å². The summed E-state index contributed by atoms with van der Waals surface area (Å²) in [5.74, 6) is 0. The van der Waals surface area contributed by atoms with E-state index in [4.69, 9.17) is 5.73 Å². The molecule has 0 spiro atoms. The Labute approximate surface area is 112 Å². The largest absolute Gasteiger partial charge is 0.416 e. The molecule has 0 aliphatic rings. The van der Waals surface area contributed by atoms with Gasteiger partial charge < -0.3 is 5.73 Å². The number of alkyl halides is 6. The van der Waals surface area contributed by atoms with Crippen LogP contribution in [0.4, 0.5) is 26.3 Å². The fourth-order valence-electron chi connectivity index (χ4n) is 1.66. The van der Waals surface area contributed by atoms with Crippen molar-refractivity contribution in [2.75, 3.05) is 0 Å². The zero-order chi connectivity index (χ0) is 15.9. The minimum atomic E-state index is -4.85. The van der Waals surface area contributed by atoms with Gasteiger partial charge in [-0.2, -0.15) is 26.3 Å². The minimum Gasteiger partial charge on any atom is -0.324 e. The molecule has 0 saturated heterocycles. The predicted octanol–water partition coefficient (Wildman–Crippen LogP) is 4.77. The van der Waals surface area contributed by atoms with Crippen LogP contribution in [0, 0.1) is 5.41 Å². The summed E-state index contributed by atoms with van der Waals surface area (Å²) < 4.78 is 76.1. The van der Waals surface area contributed by atoms with Gasteiger partial charge in [0.25, 0.3) is 0 Å². The molecular formula is C13H15F6N. The number of halogens is 6. The highest BCUT2D eigenvalue weighted by Gasteiger charge is 2.38. The lowest BCUT2D eigenvalue weighted by molar-refractivity contribution is -0.143. The molecule has 0 aromatic heterocycles. The minimum absolute atomic E-state index is 0.0961. The molecule has 0 aliphatic heterocycles. The Morgan fingerprint density at radius 1 is 0.800 bits per heavy atom. The average Bonchev–Trinajstić information content (AvgIpc) is 2.23. The highest BCUT2D eigenvalue weighted by Crippen LogP contribution is 2.39. The maximum atomic E-state index is 12.7. The maximum absolute atomic E-state index is 12.7. The van der Waals surface area contributed by atoms with E-state index in [1.165, 1.54) is 0 Å². The van der Waals surface area contributed by atoms with Gasteiger partial charge in [-0.25, -0.2) is 0 Å². The van der Waals surface area contributed by atoms with E-state index in [0.717, 1.165) is 0 Å². The van der Waals surface area contributed by atoms with Gasteiger partial charge in [0.05, 0.1) is 11.1 Å². The summed E-state index contributed by atoms with van der Waals surface area (Å²) in [4.78, 5) is 0. The van der Waals surface area contributed by atoms with Gasteiger partial charge in [0.2, 0.25) is 0 Å². The summed E-state index contributed by atoms with van der Waals surface area (Å²) in [6, 6.07) is 0.501. The van der Waals surface area contributed by atoms with Crippen molar-refractivity contribution in [3.8, 4) is 0 Å². The molecule has 1 aromatic rings. The first-order valence-corrected chi connectivity index (χ1v) is 5.78. The Kier molecular flexibility index (Phi) is 4.16. The molecule has 7 heteroatoms. The van der Waals surface area contributed by atoms with Gasteiger partial charge >= 0.3 is 12.4 Å². The van der Waals surface area contributed by atoms with Crippen molar-refractivity contribution in [3.05, 3.63) is 34.9 Å². The summed E-state index contributed by atoms with van der Waals surface area (Å²) in [6.45, 7) is 4.93. The van der Waals surface area contributed by atoms with Crippen LogP contribution in [0.25, 0.3) is 0 Å². The number of nitrogens with two attached hydrogens (primary N) is 1. The Morgan fingerprint density at radius 3 is 1.40 bits per heavy atom. The van der Waals surface area contributed by atoms with Gasteiger partial charge in [-0.05, 0) is 29.2 Å². The van der Waals surface area contributed by atoms with Crippen LogP contribution in [-0.2, 0) is 12.4 Å². The van der Waals surface area contributed by atoms with Gasteiger partial charge in [0.15, 0.2) is 0 Å². The molecule has 0 aliphatic carbocycles. The average molecular weight is 299 g/mol. The maximum Gasteiger partial charge on any atom is 0.416 e. The van der Waals surface area contributed by atoms with E-state index in [9.17, 15) is 26.3 Å². The number of hydrogen-bond donors (Lipinski definition) is 1. The monoisotopic (exact) mass is 299 g/mol. The summed E-state index contributed by atoms with van der Waals surface area (Å²) in [5.41, 5.74) is 2.23. The van der Waals surface area contributed by atoms with Crippen LogP contribution in [0.3, 0.4) is 0 Å². The van der Waals surface area contributed by atoms with E-state index in [1.807, 2.05) is 0 Å². The van der Waals surface area contributed by atoms with Gasteiger partial charge in [0, 0.05) is 6.04 Å². The van der Waals surface area contributed by atoms with Crippen LogP contribution in [0.5, 0.6) is 0 Å². The fraction of sp³-hybridized carbons (Fsp3) is 0.538. The summed E-state index contributed by atoms with van der Waals surface area (Å²) in [7, 11) is 0. The Morgan fingerprint density at radius 2 is 1.15 bits per heavy atom. The highest BCUT2D eigenvalue weighted by molar-refractivity contribution is 5.35. The van der Waals surface area contributed by atoms with Crippen molar-refractivity contribution in [2.24, 2.45) is 11.1 Å². The summed E-state index contributed by atoms with van der Waals surface area (Å²) in [6.07, 6.45) is -9.71. The van der Waals surface area contributed by atoms with Crippen LogP contribution in [0.15, 0.2) is 18.2 Å². The molecule has 0 saturated carbocycles. The smallest absolute Gasteiger partial charge is 0.324 e. The van der Waals surface area contributed by atoms with Crippen molar-refractivity contribution in [3.63, 3.8) is 0 Å². The number of rotatable bonds is 1. The quantitative estimate of drug-likeness (QED) is 0.743. The third-order valence-corrected chi connectivity index (χ3v) is 2.90. The lowest BCUT2D eigenvalue weighted by Gasteiger charge is -2.28. The molecule has 1 nitrogen and oxygen atoms in total. The second-order valence-electron chi connectivity index (χ2n) is 5.68. The van der Waals surface area contributed by atoms with Crippen LogP contribution in [0.2, 0.25) is 0 Å². The molecule has 0 radical (unpaired) electrons. The van der Waals surface area contributed by atoms with Crippen LogP contribution in [0.1, 0.15) is 43.5 Å². The third-order valence-electron chi connectivity index (χ3n) is 2.90.